The summed E-state index contributed by atoms with van der Waals surface area (Å²) in [6.45, 7) is 2.36. The lowest BCUT2D eigenvalue weighted by atomic mass is 11.0. The van der Waals surface area contributed by atoms with Crippen molar-refractivity contribution in [1.82, 2.24) is 0 Å². The van der Waals surface area contributed by atoms with E-state index >= 15 is 0 Å². The van der Waals surface area contributed by atoms with Crippen LogP contribution < -0.4 is 0 Å². The van der Waals surface area contributed by atoms with Gasteiger partial charge in [0.15, 0.2) is 0 Å². The second-order valence-electron chi connectivity index (χ2n) is 1.63. The van der Waals surface area contributed by atoms with Gasteiger partial charge in [0.25, 0.3) is 0 Å². The molecule has 2 unspecified atom stereocenters. The summed E-state index contributed by atoms with van der Waals surface area (Å²) in [5.41, 5.74) is 0. The minimum absolute atomic E-state index is 1.10. The van der Waals surface area contributed by atoms with Gasteiger partial charge in [0.05, 0.1) is 0 Å². The molecule has 0 amide bonds. The molecule has 0 radical (unpaired) electrons. The Morgan fingerprint density at radius 1 is 1.33 bits per heavy atom. The van der Waals surface area contributed by atoms with E-state index in [-0.39, 0.29) is 0 Å². The van der Waals surface area contributed by atoms with Gasteiger partial charge in [-0.3, -0.25) is 0 Å². The van der Waals surface area contributed by atoms with Crippen LogP contribution in [0.3, 0.4) is 0 Å². The fourth-order valence-electron chi connectivity index (χ4n) is 0.650. The SMILES string of the molecule is CC1PCCP1. The molecule has 0 nitrogen and oxygen atoms in total. The second kappa shape index (κ2) is 2.24. The van der Waals surface area contributed by atoms with E-state index in [2.05, 4.69) is 6.92 Å². The maximum Gasteiger partial charge on any atom is -0.00893 e. The second-order valence-corrected chi connectivity index (χ2v) is 5.76. The first-order valence-electron chi connectivity index (χ1n) is 2.36. The fourth-order valence-corrected chi connectivity index (χ4v) is 4.11. The number of hydrogen-bond acceptors (Lipinski definition) is 0. The lowest BCUT2D eigenvalue weighted by Gasteiger charge is -1.92. The largest absolute Gasteiger partial charge is 0.115 e. The first kappa shape index (κ1) is 5.01. The Morgan fingerprint density at radius 2 is 1.83 bits per heavy atom. The van der Waals surface area contributed by atoms with Crippen molar-refractivity contribution in [3.8, 4) is 0 Å². The van der Waals surface area contributed by atoms with Gasteiger partial charge in [-0.25, -0.2) is 0 Å². The van der Waals surface area contributed by atoms with Crippen molar-refractivity contribution in [3.63, 3.8) is 0 Å². The van der Waals surface area contributed by atoms with Crippen LogP contribution >= 0.6 is 17.2 Å². The maximum absolute atomic E-state index is 2.36. The molecule has 6 heavy (non-hydrogen) atoms. The van der Waals surface area contributed by atoms with E-state index in [1.54, 1.807) is 0 Å². The van der Waals surface area contributed by atoms with Crippen molar-refractivity contribution in [3.05, 3.63) is 0 Å². The Balaban J connectivity index is 2.18. The van der Waals surface area contributed by atoms with Gasteiger partial charge in [-0.05, 0) is 17.7 Å². The van der Waals surface area contributed by atoms with E-state index in [4.69, 9.17) is 0 Å². The van der Waals surface area contributed by atoms with Gasteiger partial charge < -0.3 is 0 Å². The zero-order valence-electron chi connectivity index (χ0n) is 3.99. The fraction of sp³-hybridized carbons (Fsp3) is 1.00. The molecular formula is C4H10P2. The zero-order chi connectivity index (χ0) is 4.41. The summed E-state index contributed by atoms with van der Waals surface area (Å²) in [6, 6.07) is 0. The summed E-state index contributed by atoms with van der Waals surface area (Å²) in [5.74, 6) is 0. The molecule has 1 heterocycles. The highest BCUT2D eigenvalue weighted by Gasteiger charge is 2.06. The molecule has 1 saturated heterocycles. The van der Waals surface area contributed by atoms with Crippen molar-refractivity contribution in [2.75, 3.05) is 12.3 Å². The van der Waals surface area contributed by atoms with E-state index in [1.165, 1.54) is 29.5 Å². The van der Waals surface area contributed by atoms with E-state index in [0.29, 0.717) is 0 Å². The monoisotopic (exact) mass is 120 g/mol. The van der Waals surface area contributed by atoms with E-state index in [9.17, 15) is 0 Å². The Bertz CT molecular complexity index is 38.8. The summed E-state index contributed by atoms with van der Waals surface area (Å²) < 4.78 is 0. The first-order chi connectivity index (χ1) is 2.89. The Hall–Kier alpha value is 0.860. The highest BCUT2D eigenvalue weighted by molar-refractivity contribution is 7.61. The van der Waals surface area contributed by atoms with Crippen LogP contribution in [-0.2, 0) is 0 Å². The first-order valence-corrected chi connectivity index (χ1v) is 4.93. The molecule has 1 aliphatic rings. The van der Waals surface area contributed by atoms with Crippen LogP contribution in [0.25, 0.3) is 0 Å². The molecule has 0 spiro atoms. The summed E-state index contributed by atoms with van der Waals surface area (Å²) >= 11 is 0. The third-order valence-corrected chi connectivity index (χ3v) is 5.05. The summed E-state index contributed by atoms with van der Waals surface area (Å²) in [6.07, 6.45) is 3.05. The molecule has 0 aliphatic carbocycles. The quantitative estimate of drug-likeness (QED) is 0.427. The summed E-state index contributed by atoms with van der Waals surface area (Å²) in [7, 11) is 2.59. The Morgan fingerprint density at radius 3 is 2.00 bits per heavy atom. The van der Waals surface area contributed by atoms with Crippen LogP contribution in [0.15, 0.2) is 0 Å². The Labute approximate surface area is 42.7 Å². The van der Waals surface area contributed by atoms with Gasteiger partial charge >= 0.3 is 0 Å². The van der Waals surface area contributed by atoms with Gasteiger partial charge in [-0.2, -0.15) is 0 Å². The maximum atomic E-state index is 2.36. The minimum Gasteiger partial charge on any atom is -0.115 e. The smallest absolute Gasteiger partial charge is 0.00893 e. The van der Waals surface area contributed by atoms with E-state index in [1.807, 2.05) is 0 Å². The highest BCUT2D eigenvalue weighted by atomic mass is 31.1. The van der Waals surface area contributed by atoms with Gasteiger partial charge in [0.1, 0.15) is 0 Å². The van der Waals surface area contributed by atoms with Gasteiger partial charge in [0, 0.05) is 0 Å². The van der Waals surface area contributed by atoms with Crippen molar-refractivity contribution >= 4 is 17.2 Å². The number of hydrogen-bond donors (Lipinski definition) is 0. The van der Waals surface area contributed by atoms with Crippen molar-refractivity contribution in [2.24, 2.45) is 0 Å². The standard InChI is InChI=1S/C4H10P2/c1-4-5-2-3-6-4/h4-6H,2-3H2,1H3. The van der Waals surface area contributed by atoms with E-state index < -0.39 is 0 Å². The Kier molecular flexibility index (Phi) is 1.87. The minimum atomic E-state index is 1.10. The van der Waals surface area contributed by atoms with Gasteiger partial charge in [0.2, 0.25) is 0 Å². The van der Waals surface area contributed by atoms with Crippen LogP contribution in [0, 0.1) is 0 Å². The molecule has 1 fully saturated rings. The lowest BCUT2D eigenvalue weighted by molar-refractivity contribution is 1.42. The summed E-state index contributed by atoms with van der Waals surface area (Å²) in [5, 5.41) is 1.10. The molecule has 0 aromatic rings. The van der Waals surface area contributed by atoms with Gasteiger partial charge in [-0.1, -0.05) is 6.92 Å². The molecule has 0 aromatic heterocycles. The number of rotatable bonds is 0. The molecule has 0 saturated carbocycles. The van der Waals surface area contributed by atoms with Crippen LogP contribution in [0.4, 0.5) is 0 Å². The topological polar surface area (TPSA) is 0 Å². The van der Waals surface area contributed by atoms with Crippen LogP contribution in [0.2, 0.25) is 0 Å². The molecule has 1 rings (SSSR count). The molecule has 36 valence electrons. The summed E-state index contributed by atoms with van der Waals surface area (Å²) in [4.78, 5) is 0. The van der Waals surface area contributed by atoms with Crippen molar-refractivity contribution < 1.29 is 0 Å². The lowest BCUT2D eigenvalue weighted by Crippen LogP contribution is -1.68. The average Bonchev–Trinajstić information content (AvgIpc) is 1.86. The van der Waals surface area contributed by atoms with Crippen LogP contribution in [-0.4, -0.2) is 17.7 Å². The highest BCUT2D eigenvalue weighted by Crippen LogP contribution is 2.41. The predicted octanol–water partition coefficient (Wildman–Crippen LogP) is 1.70. The molecule has 2 heteroatoms. The molecule has 2 atom stereocenters. The molecular weight excluding hydrogens is 110 g/mol. The predicted molar refractivity (Wildman–Crippen MR) is 35.8 cm³/mol. The van der Waals surface area contributed by atoms with Crippen LogP contribution in [0.1, 0.15) is 6.92 Å². The normalized spacial score (nSPS) is 42.5. The van der Waals surface area contributed by atoms with Crippen molar-refractivity contribution in [2.45, 2.75) is 12.3 Å². The molecule has 0 N–H and O–H groups in total. The molecule has 0 bridgehead atoms. The van der Waals surface area contributed by atoms with E-state index in [0.717, 1.165) is 5.40 Å². The van der Waals surface area contributed by atoms with Crippen LogP contribution in [0.5, 0.6) is 0 Å². The average molecular weight is 120 g/mol. The van der Waals surface area contributed by atoms with Crippen molar-refractivity contribution in [1.29, 1.82) is 0 Å². The third-order valence-electron chi connectivity index (χ3n) is 1.03. The zero-order valence-corrected chi connectivity index (χ0v) is 5.99. The molecule has 0 aromatic carbocycles. The third kappa shape index (κ3) is 1.17. The van der Waals surface area contributed by atoms with Gasteiger partial charge in [-0.15, -0.1) is 17.2 Å². The molecule has 1 aliphatic heterocycles.